The maximum absolute atomic E-state index is 5.19. The van der Waals surface area contributed by atoms with Crippen LogP contribution in [0.3, 0.4) is 0 Å². The molecule has 12 nitrogen and oxygen atoms in total. The Morgan fingerprint density at radius 2 is 1.02 bits per heavy atom. The van der Waals surface area contributed by atoms with Gasteiger partial charge in [0.2, 0.25) is 25.1 Å². The highest BCUT2D eigenvalue weighted by atomic mass is 31.0. The van der Waals surface area contributed by atoms with Gasteiger partial charge in [-0.15, -0.1) is 0 Å². The van der Waals surface area contributed by atoms with E-state index < -0.39 is 0 Å². The first-order valence-electron chi connectivity index (χ1n) is 15.4. The Kier molecular flexibility index (Phi) is 40.8. The van der Waals surface area contributed by atoms with Crippen molar-refractivity contribution in [1.29, 1.82) is 0 Å². The molecule has 6 heterocycles. The molecular formula is C33H78B2N9O3P3. The van der Waals surface area contributed by atoms with Crippen LogP contribution in [0.25, 0.3) is 0 Å². The largest absolute Gasteiger partial charge is 0.346 e. The number of nitrogens with one attached hydrogen (secondary N) is 1. The summed E-state index contributed by atoms with van der Waals surface area (Å²) in [5, 5.41) is 14.7. The second-order valence-electron chi connectivity index (χ2n) is 11.4. The first kappa shape index (κ1) is 60.8. The van der Waals surface area contributed by atoms with Gasteiger partial charge in [-0.05, 0) is 92.5 Å². The number of aryl methyl sites for hydroxylation is 3. The first-order chi connectivity index (χ1) is 20.3. The van der Waals surface area contributed by atoms with Crippen molar-refractivity contribution in [2.75, 3.05) is 46.3 Å². The molecule has 3 saturated heterocycles. The van der Waals surface area contributed by atoms with Gasteiger partial charge >= 0.3 is 0 Å². The van der Waals surface area contributed by atoms with E-state index in [2.05, 4.69) is 66.7 Å². The third-order valence-electron chi connectivity index (χ3n) is 7.42. The molecule has 3 aliphatic rings. The maximum atomic E-state index is 5.19. The molecular weight excluding hydrogens is 685 g/mol. The van der Waals surface area contributed by atoms with Crippen molar-refractivity contribution >= 4 is 44.4 Å². The molecule has 0 amide bonds. The minimum atomic E-state index is 0. The van der Waals surface area contributed by atoms with E-state index in [4.69, 9.17) is 13.6 Å². The van der Waals surface area contributed by atoms with Gasteiger partial charge in [0, 0.05) is 13.1 Å². The van der Waals surface area contributed by atoms with E-state index in [1.807, 2.05) is 41.7 Å². The zero-order chi connectivity index (χ0) is 30.3. The number of aromatic nitrogens is 6. The summed E-state index contributed by atoms with van der Waals surface area (Å²) in [7, 11) is 6.27. The van der Waals surface area contributed by atoms with Gasteiger partial charge in [-0.25, -0.2) is 0 Å². The monoisotopic (exact) mass is 764 g/mol. The van der Waals surface area contributed by atoms with Gasteiger partial charge in [0.05, 0.1) is 17.8 Å². The van der Waals surface area contributed by atoms with Crippen molar-refractivity contribution in [3.05, 3.63) is 35.1 Å². The average Bonchev–Trinajstić information content (AvgIpc) is 3.76. The van der Waals surface area contributed by atoms with Crippen LogP contribution in [0.4, 0.5) is 0 Å². The Labute approximate surface area is 318 Å². The van der Waals surface area contributed by atoms with Crippen molar-refractivity contribution in [3.8, 4) is 0 Å². The van der Waals surface area contributed by atoms with E-state index in [1.165, 1.54) is 32.2 Å². The molecule has 0 spiro atoms. The zero-order valence-corrected chi connectivity index (χ0v) is 33.0. The van der Waals surface area contributed by atoms with Gasteiger partial charge < -0.3 is 28.6 Å². The summed E-state index contributed by atoms with van der Waals surface area (Å²) in [4.78, 5) is 17.4. The van der Waals surface area contributed by atoms with Crippen LogP contribution in [0.15, 0.2) is 13.6 Å². The number of hydrogen-bond donors (Lipinski definition) is 1. The van der Waals surface area contributed by atoms with Gasteiger partial charge in [0.15, 0.2) is 17.5 Å². The summed E-state index contributed by atoms with van der Waals surface area (Å²) in [6.07, 6.45) is 7.12. The molecule has 17 heteroatoms. The molecule has 50 heavy (non-hydrogen) atoms. The van der Waals surface area contributed by atoms with Crippen LogP contribution in [0.5, 0.6) is 0 Å². The Morgan fingerprint density at radius 3 is 1.38 bits per heavy atom. The molecule has 1 N–H and O–H groups in total. The van der Waals surface area contributed by atoms with E-state index in [-0.39, 0.29) is 66.8 Å². The van der Waals surface area contributed by atoms with Crippen LogP contribution in [0.2, 0.25) is 20.5 Å². The molecule has 3 aromatic rings. The standard InChI is InChI=1S/C9H15BN3O.C9H15N3O.C8H13N3O.C2H6B.5CH4.3H3P/c1-7-11-9(14-12-7)8-4-3-5-13(6-8)10-2;1-7-10-9(13-11-7)8-4-3-5-12(2)6-8;1-6-10-8(12-11-6)7-3-2-4-9-5-7;1-3-2;;;;;;;;/h8H,3-6H2,1-2H3;8H,3-6H2,1-2H3;7,9H,2-5H2,1H3;1-2H3;5*1H4;3*1H3. The Balaban J connectivity index is -0.000000130. The number of likely N-dealkylation sites (N-methyl/N-ethyl adjacent to an activating group) is 1. The van der Waals surface area contributed by atoms with Gasteiger partial charge in [-0.3, -0.25) is 0 Å². The fourth-order valence-electron chi connectivity index (χ4n) is 5.31. The molecule has 2 radical (unpaired) electrons. The molecule has 294 valence electrons. The number of nitrogens with zero attached hydrogens (tertiary/aromatic N) is 8. The lowest BCUT2D eigenvalue weighted by atomic mass is 9.88. The highest BCUT2D eigenvalue weighted by Crippen LogP contribution is 2.26. The van der Waals surface area contributed by atoms with E-state index in [0.717, 1.165) is 80.7 Å². The molecule has 0 saturated carbocycles. The lowest BCUT2D eigenvalue weighted by Gasteiger charge is -2.29. The summed E-state index contributed by atoms with van der Waals surface area (Å²) in [5.41, 5.74) is 0. The fourth-order valence-corrected chi connectivity index (χ4v) is 5.31. The topological polar surface area (TPSA) is 135 Å². The summed E-state index contributed by atoms with van der Waals surface area (Å²) in [6, 6.07) is 0. The lowest BCUT2D eigenvalue weighted by molar-refractivity contribution is 0.220. The lowest BCUT2D eigenvalue weighted by Crippen LogP contribution is -2.35. The maximum Gasteiger partial charge on any atom is 0.231 e. The molecule has 6 atom stereocenters. The second kappa shape index (κ2) is 33.5. The summed E-state index contributed by atoms with van der Waals surface area (Å²) in [5.74, 6) is 5.90. The Hall–Kier alpha value is -1.28. The summed E-state index contributed by atoms with van der Waals surface area (Å²) < 4.78 is 15.5. The van der Waals surface area contributed by atoms with Gasteiger partial charge in [-0.1, -0.05) is 73.1 Å². The van der Waals surface area contributed by atoms with Gasteiger partial charge in [0.1, 0.15) is 7.28 Å². The van der Waals surface area contributed by atoms with Crippen molar-refractivity contribution in [2.45, 2.75) is 135 Å². The molecule has 6 unspecified atom stereocenters. The highest BCUT2D eigenvalue weighted by Gasteiger charge is 2.25. The van der Waals surface area contributed by atoms with Crippen molar-refractivity contribution in [1.82, 2.24) is 45.4 Å². The van der Waals surface area contributed by atoms with Gasteiger partial charge in [0.25, 0.3) is 0 Å². The number of likely N-dealkylation sites (tertiary alicyclic amines) is 1. The SMILES string of the molecule is C.C.C.C.C.C[B]C.C[B]N1CCCC(c2nc(C)no2)C1.Cc1noc(C2CCCN(C)C2)n1.Cc1noc(C2CCCNC2)n1.P.P.P. The molecule has 3 fully saturated rings. The smallest absolute Gasteiger partial charge is 0.231 e. The summed E-state index contributed by atoms with van der Waals surface area (Å²) >= 11 is 0. The van der Waals surface area contributed by atoms with E-state index in [9.17, 15) is 0 Å². The van der Waals surface area contributed by atoms with Crippen molar-refractivity contribution in [2.24, 2.45) is 0 Å². The van der Waals surface area contributed by atoms with Crippen LogP contribution >= 0.6 is 29.7 Å². The van der Waals surface area contributed by atoms with Crippen LogP contribution in [-0.2, 0) is 0 Å². The van der Waals surface area contributed by atoms with E-state index in [0.29, 0.717) is 17.8 Å². The molecule has 3 aliphatic heterocycles. The van der Waals surface area contributed by atoms with E-state index >= 15 is 0 Å². The Bertz CT molecular complexity index is 1150. The molecule has 6 rings (SSSR count). The predicted octanol–water partition coefficient (Wildman–Crippen LogP) is 7.40. The third-order valence-corrected chi connectivity index (χ3v) is 7.42. The fraction of sp³-hybridized carbons (Fsp3) is 0.818. The van der Waals surface area contributed by atoms with Crippen LogP contribution in [0.1, 0.15) is 129 Å². The average molecular weight is 764 g/mol. The van der Waals surface area contributed by atoms with Crippen LogP contribution in [-0.4, -0.2) is 101 Å². The van der Waals surface area contributed by atoms with E-state index in [1.54, 1.807) is 0 Å². The normalized spacial score (nSPS) is 19.2. The quantitative estimate of drug-likeness (QED) is 0.210. The highest BCUT2D eigenvalue weighted by molar-refractivity contribution is 6.92. The minimum absolute atomic E-state index is 0. The van der Waals surface area contributed by atoms with Crippen molar-refractivity contribution < 1.29 is 13.6 Å². The number of rotatable bonds is 4. The van der Waals surface area contributed by atoms with Crippen LogP contribution < -0.4 is 5.32 Å². The summed E-state index contributed by atoms with van der Waals surface area (Å²) in [6.45, 7) is 18.1. The predicted molar refractivity (Wildman–Crippen MR) is 231 cm³/mol. The molecule has 0 aliphatic carbocycles. The first-order valence-corrected chi connectivity index (χ1v) is 15.4. The number of hydrogen-bond acceptors (Lipinski definition) is 12. The minimum Gasteiger partial charge on any atom is -0.346 e. The molecule has 0 aromatic carbocycles. The zero-order valence-electron chi connectivity index (χ0n) is 28.8. The van der Waals surface area contributed by atoms with Crippen LogP contribution in [0, 0.1) is 20.8 Å². The van der Waals surface area contributed by atoms with Crippen molar-refractivity contribution in [3.63, 3.8) is 0 Å². The third kappa shape index (κ3) is 21.3. The second-order valence-corrected chi connectivity index (χ2v) is 11.4. The molecule has 0 bridgehead atoms. The Morgan fingerprint density at radius 1 is 0.620 bits per heavy atom. The number of piperidine rings is 3. The van der Waals surface area contributed by atoms with Gasteiger partial charge in [-0.2, -0.15) is 44.6 Å². The molecule has 3 aromatic heterocycles.